The van der Waals surface area contributed by atoms with Crippen molar-refractivity contribution < 1.29 is 42.7 Å². The SMILES string of the molecule is COc1ccc(COC[C@H]2O[C@@H](O)[C@H](OC(=O)c3ccccc3)[C@@H](OCc3ccc(OC)cc3)[C@@H]2O[Si](C)(C)C(C)(C)C)cc1. The number of ether oxygens (including phenoxy) is 6. The van der Waals surface area contributed by atoms with Crippen molar-refractivity contribution in [1.29, 1.82) is 0 Å². The number of aliphatic hydroxyl groups excluding tert-OH is 1. The maximum atomic E-state index is 13.2. The molecule has 9 nitrogen and oxygen atoms in total. The first-order valence-corrected chi connectivity index (χ1v) is 18.1. The fraction of sp³-hybridized carbons (Fsp3) is 0.457. The van der Waals surface area contributed by atoms with Crippen LogP contribution in [0.15, 0.2) is 78.9 Å². The van der Waals surface area contributed by atoms with Crippen LogP contribution in [0.4, 0.5) is 0 Å². The fourth-order valence-electron chi connectivity index (χ4n) is 4.70. The van der Waals surface area contributed by atoms with Gasteiger partial charge in [-0.15, -0.1) is 0 Å². The van der Waals surface area contributed by atoms with Crippen molar-refractivity contribution in [3.63, 3.8) is 0 Å². The molecule has 1 heterocycles. The second-order valence-electron chi connectivity index (χ2n) is 12.6. The van der Waals surface area contributed by atoms with Crippen LogP contribution in [0.5, 0.6) is 11.5 Å². The summed E-state index contributed by atoms with van der Waals surface area (Å²) >= 11 is 0. The van der Waals surface area contributed by atoms with Crippen molar-refractivity contribution in [2.75, 3.05) is 20.8 Å². The van der Waals surface area contributed by atoms with E-state index in [0.29, 0.717) is 12.2 Å². The molecule has 0 saturated carbocycles. The standard InChI is InChI=1S/C35H46O9Si/c1-35(2,3)45(6,7)44-30-29(23-40-21-24-13-17-27(38-4)18-14-24)42-34(37)32(43-33(36)26-11-9-8-10-12-26)31(30)41-22-25-15-19-28(39-5)20-16-25/h8-20,29-32,34,37H,21-23H2,1-7H3/t29-,30-,31+,32-,34-/m1/s1. The average molecular weight is 639 g/mol. The van der Waals surface area contributed by atoms with E-state index in [2.05, 4.69) is 33.9 Å². The van der Waals surface area contributed by atoms with Gasteiger partial charge in [-0.3, -0.25) is 0 Å². The quantitative estimate of drug-likeness (QED) is 0.175. The van der Waals surface area contributed by atoms with Gasteiger partial charge in [-0.1, -0.05) is 63.2 Å². The summed E-state index contributed by atoms with van der Waals surface area (Å²) in [6.45, 7) is 11.3. The molecule has 0 aliphatic carbocycles. The molecule has 3 aromatic rings. The molecule has 1 aliphatic rings. The molecule has 1 fully saturated rings. The summed E-state index contributed by atoms with van der Waals surface area (Å²) in [7, 11) is 0.800. The van der Waals surface area contributed by atoms with Crippen molar-refractivity contribution in [2.24, 2.45) is 0 Å². The van der Waals surface area contributed by atoms with Gasteiger partial charge >= 0.3 is 5.97 Å². The van der Waals surface area contributed by atoms with E-state index in [-0.39, 0.29) is 18.3 Å². The highest BCUT2D eigenvalue weighted by Crippen LogP contribution is 2.40. The van der Waals surface area contributed by atoms with Crippen molar-refractivity contribution in [1.82, 2.24) is 0 Å². The minimum absolute atomic E-state index is 0.115. The maximum Gasteiger partial charge on any atom is 0.338 e. The van der Waals surface area contributed by atoms with Crippen LogP contribution >= 0.6 is 0 Å². The molecule has 3 aromatic carbocycles. The van der Waals surface area contributed by atoms with Crippen LogP contribution in [-0.4, -0.2) is 70.9 Å². The summed E-state index contributed by atoms with van der Waals surface area (Å²) in [5, 5.41) is 11.2. The van der Waals surface area contributed by atoms with E-state index in [1.54, 1.807) is 38.5 Å². The third-order valence-electron chi connectivity index (χ3n) is 8.41. The Bertz CT molecular complexity index is 1340. The average Bonchev–Trinajstić information content (AvgIpc) is 3.03. The number of carbonyl (C=O) groups is 1. The first-order chi connectivity index (χ1) is 21.4. The Morgan fingerprint density at radius 3 is 1.89 bits per heavy atom. The van der Waals surface area contributed by atoms with Crippen LogP contribution in [0, 0.1) is 0 Å². The Kier molecular flexibility index (Phi) is 11.8. The molecule has 0 bridgehead atoms. The smallest absolute Gasteiger partial charge is 0.338 e. The Labute approximate surface area is 267 Å². The van der Waals surface area contributed by atoms with Gasteiger partial charge in [-0.2, -0.15) is 0 Å². The lowest BCUT2D eigenvalue weighted by Gasteiger charge is -2.48. The van der Waals surface area contributed by atoms with Gasteiger partial charge in [0.2, 0.25) is 0 Å². The van der Waals surface area contributed by atoms with E-state index in [1.165, 1.54) is 0 Å². The molecule has 0 amide bonds. The Morgan fingerprint density at radius 2 is 1.36 bits per heavy atom. The highest BCUT2D eigenvalue weighted by Gasteiger charge is 2.52. The van der Waals surface area contributed by atoms with E-state index in [1.807, 2.05) is 54.6 Å². The van der Waals surface area contributed by atoms with Crippen LogP contribution in [-0.2, 0) is 36.6 Å². The first kappa shape index (κ1) is 34.6. The van der Waals surface area contributed by atoms with E-state index >= 15 is 0 Å². The van der Waals surface area contributed by atoms with Crippen molar-refractivity contribution >= 4 is 14.3 Å². The van der Waals surface area contributed by atoms with Crippen LogP contribution < -0.4 is 9.47 Å². The van der Waals surface area contributed by atoms with Gasteiger partial charge in [-0.05, 0) is 65.7 Å². The number of aliphatic hydroxyl groups is 1. The monoisotopic (exact) mass is 638 g/mol. The van der Waals surface area contributed by atoms with E-state index < -0.39 is 45.0 Å². The number of methoxy groups -OCH3 is 2. The van der Waals surface area contributed by atoms with E-state index in [9.17, 15) is 9.90 Å². The van der Waals surface area contributed by atoms with Crippen LogP contribution in [0.2, 0.25) is 18.1 Å². The van der Waals surface area contributed by atoms with Gasteiger partial charge in [0.25, 0.3) is 0 Å². The van der Waals surface area contributed by atoms with Crippen LogP contribution in [0.1, 0.15) is 42.3 Å². The molecule has 1 N–H and O–H groups in total. The van der Waals surface area contributed by atoms with Crippen molar-refractivity contribution in [3.8, 4) is 11.5 Å². The summed E-state index contributed by atoms with van der Waals surface area (Å²) in [5.74, 6) is 0.887. The highest BCUT2D eigenvalue weighted by atomic mass is 28.4. The minimum atomic E-state index is -2.43. The normalized spacial score (nSPS) is 22.1. The third-order valence-corrected chi connectivity index (χ3v) is 12.9. The predicted octanol–water partition coefficient (Wildman–Crippen LogP) is 6.14. The molecule has 0 spiro atoms. The number of esters is 1. The summed E-state index contributed by atoms with van der Waals surface area (Å²) < 4.78 is 42.2. The Balaban J connectivity index is 1.63. The van der Waals surface area contributed by atoms with Gasteiger partial charge in [0.05, 0.1) is 39.6 Å². The van der Waals surface area contributed by atoms with Crippen LogP contribution in [0.25, 0.3) is 0 Å². The predicted molar refractivity (Wildman–Crippen MR) is 173 cm³/mol. The van der Waals surface area contributed by atoms with Crippen molar-refractivity contribution in [2.45, 2.75) is 82.8 Å². The third kappa shape index (κ3) is 9.15. The molecule has 244 valence electrons. The van der Waals surface area contributed by atoms with Gasteiger partial charge in [0.15, 0.2) is 20.7 Å². The summed E-state index contributed by atoms with van der Waals surface area (Å²) in [6, 6.07) is 23.7. The second kappa shape index (κ2) is 15.4. The number of carbonyl (C=O) groups excluding carboxylic acids is 1. The van der Waals surface area contributed by atoms with E-state index in [0.717, 1.165) is 22.6 Å². The molecule has 4 rings (SSSR count). The minimum Gasteiger partial charge on any atom is -0.497 e. The zero-order chi connectivity index (χ0) is 32.6. The molecule has 10 heteroatoms. The molecule has 0 radical (unpaired) electrons. The highest BCUT2D eigenvalue weighted by molar-refractivity contribution is 6.74. The first-order valence-electron chi connectivity index (χ1n) is 15.1. The second-order valence-corrected chi connectivity index (χ2v) is 17.4. The van der Waals surface area contributed by atoms with Crippen LogP contribution in [0.3, 0.4) is 0 Å². The zero-order valence-corrected chi connectivity index (χ0v) is 28.2. The summed E-state index contributed by atoms with van der Waals surface area (Å²) in [4.78, 5) is 13.2. The van der Waals surface area contributed by atoms with Gasteiger partial charge in [0, 0.05) is 0 Å². The number of benzene rings is 3. The largest absolute Gasteiger partial charge is 0.497 e. The maximum absolute atomic E-state index is 13.2. The fourth-order valence-corrected chi connectivity index (χ4v) is 6.02. The number of hydrogen-bond donors (Lipinski definition) is 1. The molecule has 0 unspecified atom stereocenters. The lowest BCUT2D eigenvalue weighted by molar-refractivity contribution is -0.294. The lowest BCUT2D eigenvalue weighted by atomic mass is 9.98. The van der Waals surface area contributed by atoms with E-state index in [4.69, 9.17) is 32.8 Å². The molecular formula is C35H46O9Si. The Morgan fingerprint density at radius 1 is 0.800 bits per heavy atom. The molecule has 5 atom stereocenters. The Hall–Kier alpha value is -3.25. The van der Waals surface area contributed by atoms with Gasteiger partial charge < -0.3 is 38.0 Å². The van der Waals surface area contributed by atoms with Gasteiger partial charge in [-0.25, -0.2) is 4.79 Å². The number of rotatable bonds is 13. The summed E-state index contributed by atoms with van der Waals surface area (Å²) in [5.41, 5.74) is 2.18. The molecule has 1 saturated heterocycles. The molecule has 45 heavy (non-hydrogen) atoms. The topological polar surface area (TPSA) is 102 Å². The molecular weight excluding hydrogens is 592 g/mol. The zero-order valence-electron chi connectivity index (χ0n) is 27.2. The lowest BCUT2D eigenvalue weighted by Crippen LogP contribution is -2.64. The van der Waals surface area contributed by atoms with Gasteiger partial charge in [0.1, 0.15) is 29.8 Å². The molecule has 1 aliphatic heterocycles. The number of hydrogen-bond acceptors (Lipinski definition) is 9. The van der Waals surface area contributed by atoms with Crippen molar-refractivity contribution in [3.05, 3.63) is 95.6 Å². The molecule has 0 aromatic heterocycles. The summed E-state index contributed by atoms with van der Waals surface area (Å²) in [6.07, 6.45) is -4.93.